The van der Waals surface area contributed by atoms with Crippen LogP contribution in [-0.2, 0) is 16.6 Å². The summed E-state index contributed by atoms with van der Waals surface area (Å²) in [5, 5.41) is 3.21. The third-order valence-corrected chi connectivity index (χ3v) is 5.51. The van der Waals surface area contributed by atoms with E-state index in [-0.39, 0.29) is 0 Å². The van der Waals surface area contributed by atoms with Crippen molar-refractivity contribution < 1.29 is 8.42 Å². The first-order chi connectivity index (χ1) is 8.01. The highest BCUT2D eigenvalue weighted by atomic mass is 32.2. The molecule has 0 aliphatic carbocycles. The third kappa shape index (κ3) is 4.06. The van der Waals surface area contributed by atoms with Gasteiger partial charge in [-0.1, -0.05) is 13.8 Å². The predicted molar refractivity (Wildman–Crippen MR) is 71.9 cm³/mol. The number of sulfonamides is 1. The van der Waals surface area contributed by atoms with E-state index in [0.717, 1.165) is 30.0 Å². The highest BCUT2D eigenvalue weighted by molar-refractivity contribution is 7.91. The lowest BCUT2D eigenvalue weighted by Gasteiger charge is -2.02. The number of aryl methyl sites for hydroxylation is 1. The van der Waals surface area contributed by atoms with Crippen LogP contribution >= 0.6 is 11.3 Å². The van der Waals surface area contributed by atoms with Crippen molar-refractivity contribution in [1.29, 1.82) is 0 Å². The molecule has 98 valence electrons. The van der Waals surface area contributed by atoms with Gasteiger partial charge in [0, 0.05) is 18.0 Å². The lowest BCUT2D eigenvalue weighted by molar-refractivity contribution is 0.583. The van der Waals surface area contributed by atoms with Crippen LogP contribution in [0.25, 0.3) is 0 Å². The van der Waals surface area contributed by atoms with Crippen LogP contribution in [0.2, 0.25) is 0 Å². The standard InChI is InChI=1S/C11H20N2O2S2/c1-4-6-13-17(14,15)11-7-9(3)10(16-11)8-12-5-2/h7,12-13H,4-6,8H2,1-3H3. The number of hydrogen-bond donors (Lipinski definition) is 2. The van der Waals surface area contributed by atoms with Crippen molar-refractivity contribution >= 4 is 21.4 Å². The summed E-state index contributed by atoms with van der Waals surface area (Å²) in [7, 11) is -3.31. The number of thiophene rings is 1. The SMILES string of the molecule is CCCNS(=O)(=O)c1cc(C)c(CNCC)s1. The van der Waals surface area contributed by atoms with E-state index in [1.165, 1.54) is 11.3 Å². The maximum Gasteiger partial charge on any atom is 0.250 e. The van der Waals surface area contributed by atoms with Gasteiger partial charge in [-0.2, -0.15) is 0 Å². The van der Waals surface area contributed by atoms with Crippen LogP contribution < -0.4 is 10.0 Å². The molecule has 0 amide bonds. The first kappa shape index (κ1) is 14.6. The second-order valence-electron chi connectivity index (χ2n) is 3.85. The van der Waals surface area contributed by atoms with Crippen LogP contribution in [-0.4, -0.2) is 21.5 Å². The lowest BCUT2D eigenvalue weighted by atomic mass is 10.3. The number of hydrogen-bond acceptors (Lipinski definition) is 4. The average Bonchev–Trinajstić information content (AvgIpc) is 2.66. The highest BCUT2D eigenvalue weighted by Crippen LogP contribution is 2.25. The monoisotopic (exact) mass is 276 g/mol. The molecule has 0 saturated carbocycles. The molecule has 1 rings (SSSR count). The van der Waals surface area contributed by atoms with Crippen LogP contribution in [0.5, 0.6) is 0 Å². The molecule has 17 heavy (non-hydrogen) atoms. The van der Waals surface area contributed by atoms with Gasteiger partial charge in [0.25, 0.3) is 0 Å². The lowest BCUT2D eigenvalue weighted by Crippen LogP contribution is -2.23. The van der Waals surface area contributed by atoms with Crippen molar-refractivity contribution in [3.05, 3.63) is 16.5 Å². The summed E-state index contributed by atoms with van der Waals surface area (Å²) in [6.07, 6.45) is 0.799. The molecule has 0 unspecified atom stereocenters. The summed E-state index contributed by atoms with van der Waals surface area (Å²) in [4.78, 5) is 1.09. The van der Waals surface area contributed by atoms with Crippen molar-refractivity contribution in [2.45, 2.75) is 37.9 Å². The zero-order chi connectivity index (χ0) is 12.9. The largest absolute Gasteiger partial charge is 0.312 e. The van der Waals surface area contributed by atoms with Crippen LogP contribution in [0.1, 0.15) is 30.7 Å². The molecular formula is C11H20N2O2S2. The average molecular weight is 276 g/mol. The van der Waals surface area contributed by atoms with Crippen LogP contribution in [0, 0.1) is 6.92 Å². The third-order valence-electron chi connectivity index (χ3n) is 2.34. The minimum atomic E-state index is -3.31. The Hall–Kier alpha value is -0.430. The minimum Gasteiger partial charge on any atom is -0.312 e. The zero-order valence-electron chi connectivity index (χ0n) is 10.5. The number of rotatable bonds is 7. The van der Waals surface area contributed by atoms with E-state index in [0.29, 0.717) is 10.8 Å². The molecule has 1 aromatic heterocycles. The van der Waals surface area contributed by atoms with Gasteiger partial charge in [0.2, 0.25) is 10.0 Å². The Morgan fingerprint density at radius 2 is 2.06 bits per heavy atom. The first-order valence-corrected chi connectivity index (χ1v) is 8.11. The fourth-order valence-corrected chi connectivity index (χ4v) is 4.08. The van der Waals surface area contributed by atoms with Gasteiger partial charge in [-0.25, -0.2) is 13.1 Å². The Kier molecular flexibility index (Phi) is 5.58. The van der Waals surface area contributed by atoms with Crippen molar-refractivity contribution in [2.24, 2.45) is 0 Å². The smallest absolute Gasteiger partial charge is 0.250 e. The van der Waals surface area contributed by atoms with Crippen molar-refractivity contribution in [2.75, 3.05) is 13.1 Å². The summed E-state index contributed by atoms with van der Waals surface area (Å²) in [6, 6.07) is 1.75. The van der Waals surface area contributed by atoms with E-state index >= 15 is 0 Å². The van der Waals surface area contributed by atoms with Crippen molar-refractivity contribution in [3.63, 3.8) is 0 Å². The molecule has 6 heteroatoms. The highest BCUT2D eigenvalue weighted by Gasteiger charge is 2.17. The van der Waals surface area contributed by atoms with Crippen LogP contribution in [0.3, 0.4) is 0 Å². The van der Waals surface area contributed by atoms with Gasteiger partial charge < -0.3 is 5.32 Å². The summed E-state index contributed by atoms with van der Waals surface area (Å²) < 4.78 is 26.8. The molecule has 1 aromatic rings. The molecule has 2 N–H and O–H groups in total. The second kappa shape index (κ2) is 6.49. The minimum absolute atomic E-state index is 0.413. The quantitative estimate of drug-likeness (QED) is 0.799. The molecule has 0 saturated heterocycles. The fraction of sp³-hybridized carbons (Fsp3) is 0.636. The maximum absolute atomic E-state index is 11.9. The Balaban J connectivity index is 2.85. The maximum atomic E-state index is 11.9. The van der Waals surface area contributed by atoms with Gasteiger partial charge >= 0.3 is 0 Å². The van der Waals surface area contributed by atoms with E-state index in [2.05, 4.69) is 10.0 Å². The topological polar surface area (TPSA) is 58.2 Å². The molecule has 0 radical (unpaired) electrons. The molecule has 0 spiro atoms. The molecule has 0 fully saturated rings. The van der Waals surface area contributed by atoms with Gasteiger partial charge in [-0.15, -0.1) is 11.3 Å². The molecular weight excluding hydrogens is 256 g/mol. The van der Waals surface area contributed by atoms with E-state index in [4.69, 9.17) is 0 Å². The molecule has 0 aliphatic rings. The van der Waals surface area contributed by atoms with Gasteiger partial charge in [0.05, 0.1) is 0 Å². The summed E-state index contributed by atoms with van der Waals surface area (Å²) >= 11 is 1.34. The van der Waals surface area contributed by atoms with Crippen molar-refractivity contribution in [1.82, 2.24) is 10.0 Å². The van der Waals surface area contributed by atoms with Gasteiger partial charge in [0.15, 0.2) is 0 Å². The van der Waals surface area contributed by atoms with Gasteiger partial charge in [-0.05, 0) is 31.5 Å². The first-order valence-electron chi connectivity index (χ1n) is 5.81. The second-order valence-corrected chi connectivity index (χ2v) is 6.98. The molecule has 4 nitrogen and oxygen atoms in total. The Labute approximate surface area is 107 Å². The summed E-state index contributed by atoms with van der Waals surface area (Å²) in [6.45, 7) is 8.02. The summed E-state index contributed by atoms with van der Waals surface area (Å²) in [5.74, 6) is 0. The predicted octanol–water partition coefficient (Wildman–Crippen LogP) is 1.85. The molecule has 0 bridgehead atoms. The normalized spacial score (nSPS) is 11.9. The van der Waals surface area contributed by atoms with Crippen LogP contribution in [0.15, 0.2) is 10.3 Å². The Morgan fingerprint density at radius 1 is 1.35 bits per heavy atom. The van der Waals surface area contributed by atoms with E-state index in [1.807, 2.05) is 20.8 Å². The molecule has 0 atom stereocenters. The molecule has 1 heterocycles. The molecule has 0 aromatic carbocycles. The van der Waals surface area contributed by atoms with E-state index in [9.17, 15) is 8.42 Å². The van der Waals surface area contributed by atoms with E-state index in [1.54, 1.807) is 6.07 Å². The van der Waals surface area contributed by atoms with Crippen molar-refractivity contribution in [3.8, 4) is 0 Å². The Bertz CT molecular complexity index is 452. The fourth-order valence-electron chi connectivity index (χ4n) is 1.34. The zero-order valence-corrected chi connectivity index (χ0v) is 12.2. The van der Waals surface area contributed by atoms with Gasteiger partial charge in [0.1, 0.15) is 4.21 Å². The summed E-state index contributed by atoms with van der Waals surface area (Å²) in [5.41, 5.74) is 1.04. The molecule has 0 aliphatic heterocycles. The van der Waals surface area contributed by atoms with Gasteiger partial charge in [-0.3, -0.25) is 0 Å². The number of nitrogens with one attached hydrogen (secondary N) is 2. The van der Waals surface area contributed by atoms with Crippen LogP contribution in [0.4, 0.5) is 0 Å². The van der Waals surface area contributed by atoms with E-state index < -0.39 is 10.0 Å². The Morgan fingerprint density at radius 3 is 2.65 bits per heavy atom.